The predicted molar refractivity (Wildman–Crippen MR) is 126 cm³/mol. The van der Waals surface area contributed by atoms with Crippen molar-refractivity contribution < 1.29 is 14.3 Å². The highest BCUT2D eigenvalue weighted by Crippen LogP contribution is 2.18. The van der Waals surface area contributed by atoms with E-state index >= 15 is 0 Å². The molecule has 1 aromatic carbocycles. The number of hydrogen-bond donors (Lipinski definition) is 4. The summed E-state index contributed by atoms with van der Waals surface area (Å²) >= 11 is 0. The quantitative estimate of drug-likeness (QED) is 0.134. The number of carbonyl (C=O) groups excluding carboxylic acids is 2. The number of carbonyl (C=O) groups is 2. The van der Waals surface area contributed by atoms with E-state index < -0.39 is 5.97 Å². The van der Waals surface area contributed by atoms with E-state index in [9.17, 15) is 9.59 Å². The number of rotatable bonds is 8. The van der Waals surface area contributed by atoms with Gasteiger partial charge in [0.05, 0.1) is 13.7 Å². The number of esters is 1. The average molecular weight is 452 g/mol. The summed E-state index contributed by atoms with van der Waals surface area (Å²) in [6.45, 7) is 6.65. The van der Waals surface area contributed by atoms with E-state index in [2.05, 4.69) is 20.4 Å². The number of hydrazine groups is 1. The topological polar surface area (TPSA) is 152 Å². The van der Waals surface area contributed by atoms with E-state index in [0.29, 0.717) is 29.4 Å². The summed E-state index contributed by atoms with van der Waals surface area (Å²) in [5.74, 6) is 5.61. The van der Waals surface area contributed by atoms with Gasteiger partial charge in [0.15, 0.2) is 5.84 Å². The smallest absolute Gasteiger partial charge is 0.354 e. The fourth-order valence-corrected chi connectivity index (χ4v) is 3.32. The standard InChI is InChI=1S/C23H29N7O3/c1-13(2)12-30(25)29-21(24)17-7-14(3)27-19(10-17)22(31)26-11-15-5-6-16-9-20(23(32)33-4)28-18(16)8-15/h5-10,13,28H,11-12,25H2,1-4H3,(H2,24,29)(H,26,31). The van der Waals surface area contributed by atoms with Crippen LogP contribution in [0.15, 0.2) is 41.5 Å². The third-order valence-corrected chi connectivity index (χ3v) is 4.82. The SMILES string of the molecule is COC(=O)c1cc2ccc(CNC(=O)c3cc(/C(N)=N/N(N)CC(C)C)cc(C)n3)cc2[nH]1. The Morgan fingerprint density at radius 2 is 2.00 bits per heavy atom. The largest absolute Gasteiger partial charge is 0.464 e. The van der Waals surface area contributed by atoms with Crippen molar-refractivity contribution >= 4 is 28.6 Å². The fraction of sp³-hybridized carbons (Fsp3) is 0.304. The first-order valence-corrected chi connectivity index (χ1v) is 10.5. The first-order valence-electron chi connectivity index (χ1n) is 10.5. The number of hydrogen-bond acceptors (Lipinski definition) is 7. The number of aryl methyl sites for hydroxylation is 1. The number of amides is 1. The molecule has 1 amide bonds. The minimum absolute atomic E-state index is 0.205. The van der Waals surface area contributed by atoms with Crippen LogP contribution in [-0.4, -0.2) is 46.5 Å². The van der Waals surface area contributed by atoms with Gasteiger partial charge in [-0.15, -0.1) is 5.10 Å². The normalized spacial score (nSPS) is 11.6. The summed E-state index contributed by atoms with van der Waals surface area (Å²) in [5.41, 5.74) is 9.51. The van der Waals surface area contributed by atoms with Crippen molar-refractivity contribution in [1.29, 1.82) is 0 Å². The lowest BCUT2D eigenvalue weighted by Crippen LogP contribution is -2.32. The van der Waals surface area contributed by atoms with Crippen LogP contribution in [0.5, 0.6) is 0 Å². The van der Waals surface area contributed by atoms with Crippen molar-refractivity contribution in [2.24, 2.45) is 22.6 Å². The van der Waals surface area contributed by atoms with Gasteiger partial charge in [-0.05, 0) is 42.7 Å². The molecule has 0 radical (unpaired) electrons. The van der Waals surface area contributed by atoms with Gasteiger partial charge in [-0.3, -0.25) is 4.79 Å². The number of ether oxygens (including phenoxy) is 1. The van der Waals surface area contributed by atoms with Crippen LogP contribution in [0.25, 0.3) is 10.9 Å². The molecule has 6 N–H and O–H groups in total. The number of methoxy groups -OCH3 is 1. The van der Waals surface area contributed by atoms with E-state index in [4.69, 9.17) is 16.3 Å². The van der Waals surface area contributed by atoms with E-state index in [0.717, 1.165) is 16.5 Å². The van der Waals surface area contributed by atoms with Crippen LogP contribution in [0.2, 0.25) is 0 Å². The van der Waals surface area contributed by atoms with Gasteiger partial charge >= 0.3 is 5.97 Å². The van der Waals surface area contributed by atoms with Crippen LogP contribution in [0.1, 0.15) is 51.6 Å². The molecule has 0 fully saturated rings. The van der Waals surface area contributed by atoms with Crippen molar-refractivity contribution in [3.63, 3.8) is 0 Å². The average Bonchev–Trinajstić information content (AvgIpc) is 3.19. The summed E-state index contributed by atoms with van der Waals surface area (Å²) in [6, 6.07) is 10.7. The molecule has 10 nitrogen and oxygen atoms in total. The number of nitrogens with two attached hydrogens (primary N) is 2. The number of benzene rings is 1. The third kappa shape index (κ3) is 6.07. The third-order valence-electron chi connectivity index (χ3n) is 4.82. The van der Waals surface area contributed by atoms with Crippen LogP contribution in [-0.2, 0) is 11.3 Å². The first kappa shape index (κ1) is 23.7. The number of aromatic nitrogens is 2. The van der Waals surface area contributed by atoms with Crippen molar-refractivity contribution in [2.75, 3.05) is 13.7 Å². The summed E-state index contributed by atoms with van der Waals surface area (Å²) in [4.78, 5) is 31.8. The number of H-pyrrole nitrogens is 1. The number of fused-ring (bicyclic) bond motifs is 1. The first-order chi connectivity index (χ1) is 15.7. The van der Waals surface area contributed by atoms with Gasteiger partial charge in [0.2, 0.25) is 0 Å². The van der Waals surface area contributed by atoms with Gasteiger partial charge in [0, 0.05) is 28.7 Å². The van der Waals surface area contributed by atoms with Crippen LogP contribution < -0.4 is 16.9 Å². The molecule has 0 unspecified atom stereocenters. The molecular weight excluding hydrogens is 422 g/mol. The van der Waals surface area contributed by atoms with Crippen LogP contribution in [0.3, 0.4) is 0 Å². The molecule has 3 aromatic rings. The molecule has 0 saturated carbocycles. The predicted octanol–water partition coefficient (Wildman–Crippen LogP) is 2.04. The lowest BCUT2D eigenvalue weighted by Gasteiger charge is -2.16. The molecule has 174 valence electrons. The Hall–Kier alpha value is -3.92. The number of hydrazone groups is 1. The molecule has 33 heavy (non-hydrogen) atoms. The summed E-state index contributed by atoms with van der Waals surface area (Å²) < 4.78 is 4.74. The Morgan fingerprint density at radius 1 is 1.24 bits per heavy atom. The molecule has 0 aliphatic heterocycles. The lowest BCUT2D eigenvalue weighted by atomic mass is 10.1. The second kappa shape index (κ2) is 10.1. The van der Waals surface area contributed by atoms with Crippen LogP contribution >= 0.6 is 0 Å². The number of pyridine rings is 1. The minimum atomic E-state index is -0.438. The van der Waals surface area contributed by atoms with Crippen LogP contribution in [0, 0.1) is 12.8 Å². The maximum atomic E-state index is 12.8. The second-order valence-corrected chi connectivity index (χ2v) is 8.16. The van der Waals surface area contributed by atoms with E-state index in [1.165, 1.54) is 12.2 Å². The molecule has 2 aromatic heterocycles. The van der Waals surface area contributed by atoms with Gasteiger partial charge in [-0.2, -0.15) is 0 Å². The van der Waals surface area contributed by atoms with E-state index in [1.54, 1.807) is 25.1 Å². The van der Waals surface area contributed by atoms with Gasteiger partial charge in [0.1, 0.15) is 11.4 Å². The Morgan fingerprint density at radius 3 is 2.70 bits per heavy atom. The maximum absolute atomic E-state index is 12.8. The summed E-state index contributed by atoms with van der Waals surface area (Å²) in [5, 5.41) is 9.20. The molecule has 0 saturated heterocycles. The monoisotopic (exact) mass is 451 g/mol. The van der Waals surface area contributed by atoms with Crippen molar-refractivity contribution in [3.05, 3.63) is 64.6 Å². The molecule has 2 heterocycles. The zero-order valence-corrected chi connectivity index (χ0v) is 19.2. The van der Waals surface area contributed by atoms with Gasteiger partial charge in [-0.1, -0.05) is 26.0 Å². The molecule has 0 atom stereocenters. The van der Waals surface area contributed by atoms with E-state index in [1.807, 2.05) is 32.0 Å². The minimum Gasteiger partial charge on any atom is -0.464 e. The second-order valence-electron chi connectivity index (χ2n) is 8.16. The molecule has 0 aliphatic carbocycles. The van der Waals surface area contributed by atoms with Crippen LogP contribution in [0.4, 0.5) is 0 Å². The number of nitrogens with one attached hydrogen (secondary N) is 2. The highest BCUT2D eigenvalue weighted by molar-refractivity contribution is 6.00. The summed E-state index contributed by atoms with van der Waals surface area (Å²) in [6.07, 6.45) is 0. The van der Waals surface area contributed by atoms with Gasteiger partial charge in [-0.25, -0.2) is 20.7 Å². The Balaban J connectivity index is 1.72. The number of nitrogens with zero attached hydrogens (tertiary/aromatic N) is 3. The zero-order chi connectivity index (χ0) is 24.1. The maximum Gasteiger partial charge on any atom is 0.354 e. The van der Waals surface area contributed by atoms with Gasteiger partial charge in [0.25, 0.3) is 5.91 Å². The Kier molecular flexibility index (Phi) is 7.29. The van der Waals surface area contributed by atoms with E-state index in [-0.39, 0.29) is 24.0 Å². The van der Waals surface area contributed by atoms with Crippen molar-refractivity contribution in [2.45, 2.75) is 27.3 Å². The van der Waals surface area contributed by atoms with Gasteiger partial charge < -0.3 is 20.8 Å². The Labute approximate surface area is 192 Å². The highest BCUT2D eigenvalue weighted by Gasteiger charge is 2.13. The fourth-order valence-electron chi connectivity index (χ4n) is 3.32. The van der Waals surface area contributed by atoms with Crippen molar-refractivity contribution in [3.8, 4) is 0 Å². The highest BCUT2D eigenvalue weighted by atomic mass is 16.5. The molecular formula is C23H29N7O3. The molecule has 0 spiro atoms. The molecule has 3 rings (SSSR count). The lowest BCUT2D eigenvalue weighted by molar-refractivity contribution is 0.0595. The molecule has 0 bridgehead atoms. The Bertz CT molecular complexity index is 1200. The summed E-state index contributed by atoms with van der Waals surface area (Å²) in [7, 11) is 1.33. The number of amidine groups is 1. The van der Waals surface area contributed by atoms with Crippen molar-refractivity contribution in [1.82, 2.24) is 20.4 Å². The number of aromatic amines is 1. The molecule has 10 heteroatoms. The zero-order valence-electron chi connectivity index (χ0n) is 19.2. The molecule has 0 aliphatic rings.